The molecule has 5 aromatic rings. The molecule has 0 saturated carbocycles. The summed E-state index contributed by atoms with van der Waals surface area (Å²) in [6.45, 7) is 1.13. The van der Waals surface area contributed by atoms with Gasteiger partial charge in [0.1, 0.15) is 17.5 Å². The van der Waals surface area contributed by atoms with Crippen LogP contribution in [0, 0.1) is 5.41 Å². The summed E-state index contributed by atoms with van der Waals surface area (Å²) in [5.41, 5.74) is 12.0. The van der Waals surface area contributed by atoms with Gasteiger partial charge in [-0.25, -0.2) is 9.97 Å². The number of nitrogen functional groups attached to an aromatic ring is 1. The van der Waals surface area contributed by atoms with Gasteiger partial charge >= 0.3 is 5.97 Å². The van der Waals surface area contributed by atoms with Crippen molar-refractivity contribution in [3.8, 4) is 0 Å². The van der Waals surface area contributed by atoms with Crippen LogP contribution in [0.15, 0.2) is 66.7 Å². The van der Waals surface area contributed by atoms with Crippen molar-refractivity contribution >= 4 is 52.0 Å². The Balaban J connectivity index is 0.00000320. The molecule has 3 aromatic carbocycles. The first-order valence-electron chi connectivity index (χ1n) is 11.7. The molecule has 0 fully saturated rings. The number of halogens is 1. The van der Waals surface area contributed by atoms with E-state index in [4.69, 9.17) is 21.2 Å². The maximum Gasteiger partial charge on any atom is 0.303 e. The number of nitrogens with zero attached hydrogens (tertiary/aromatic N) is 4. The minimum atomic E-state index is -0.834. The number of carboxylic acids is 1. The minimum absolute atomic E-state index is 0. The molecule has 0 radical (unpaired) electrons. The number of aromatic nitrogens is 4. The number of nitrogens with one attached hydrogen (secondary N) is 2. The second-order valence-corrected chi connectivity index (χ2v) is 8.75. The van der Waals surface area contributed by atoms with E-state index in [-0.39, 0.29) is 24.7 Å². The molecule has 5 N–H and O–H groups in total. The van der Waals surface area contributed by atoms with Crippen LogP contribution in [0.5, 0.6) is 0 Å². The lowest BCUT2D eigenvalue weighted by Gasteiger charge is -2.09. The Morgan fingerprint density at radius 1 is 1.00 bits per heavy atom. The second kappa shape index (κ2) is 10.7. The topological polar surface area (TPSA) is 135 Å². The first-order chi connectivity index (χ1) is 17.4. The number of imidazole rings is 2. The maximum atomic E-state index is 11.2. The number of para-hydroxylation sites is 2. The van der Waals surface area contributed by atoms with E-state index in [1.54, 1.807) is 0 Å². The molecule has 0 unspecified atom stereocenters. The van der Waals surface area contributed by atoms with Crippen LogP contribution in [0.1, 0.15) is 29.2 Å². The zero-order valence-electron chi connectivity index (χ0n) is 20.3. The van der Waals surface area contributed by atoms with Crippen LogP contribution in [0.2, 0.25) is 0 Å². The Hall–Kier alpha value is -4.37. The molecule has 2 aromatic heterocycles. The highest BCUT2D eigenvalue weighted by atomic mass is 35.5. The van der Waals surface area contributed by atoms with Crippen molar-refractivity contribution in [3.05, 3.63) is 89.5 Å². The summed E-state index contributed by atoms with van der Waals surface area (Å²) in [5.74, 6) is 0.873. The van der Waals surface area contributed by atoms with E-state index >= 15 is 0 Å². The minimum Gasteiger partial charge on any atom is -0.481 e. The third-order valence-corrected chi connectivity index (χ3v) is 6.32. The lowest BCUT2D eigenvalue weighted by molar-refractivity contribution is -0.137. The van der Waals surface area contributed by atoms with Crippen LogP contribution < -0.4 is 11.1 Å². The molecule has 0 spiro atoms. The van der Waals surface area contributed by atoms with Crippen LogP contribution in [0.25, 0.3) is 22.1 Å². The average Bonchev–Trinajstić information content (AvgIpc) is 3.38. The van der Waals surface area contributed by atoms with Gasteiger partial charge in [0.05, 0.1) is 35.0 Å². The summed E-state index contributed by atoms with van der Waals surface area (Å²) in [7, 11) is 2.00. The van der Waals surface area contributed by atoms with Crippen molar-refractivity contribution in [2.45, 2.75) is 25.9 Å². The summed E-state index contributed by atoms with van der Waals surface area (Å²) in [4.78, 5) is 20.7. The van der Waals surface area contributed by atoms with Crippen LogP contribution in [-0.4, -0.2) is 36.0 Å². The van der Waals surface area contributed by atoms with E-state index in [1.807, 2.05) is 55.6 Å². The Morgan fingerprint density at radius 2 is 1.73 bits per heavy atom. The van der Waals surface area contributed by atoms with E-state index in [1.165, 1.54) is 0 Å². The molecule has 0 bridgehead atoms. The molecule has 37 heavy (non-hydrogen) atoms. The fourth-order valence-electron chi connectivity index (χ4n) is 4.39. The summed E-state index contributed by atoms with van der Waals surface area (Å²) < 4.78 is 4.16. The van der Waals surface area contributed by atoms with Gasteiger partial charge in [0.2, 0.25) is 0 Å². The van der Waals surface area contributed by atoms with Crippen molar-refractivity contribution in [1.82, 2.24) is 19.1 Å². The van der Waals surface area contributed by atoms with Gasteiger partial charge in [-0.2, -0.15) is 0 Å². The number of carboxylic acid groups (broad SMARTS) is 1. The van der Waals surface area contributed by atoms with Gasteiger partial charge in [0.25, 0.3) is 0 Å². The number of benzene rings is 3. The summed E-state index contributed by atoms with van der Waals surface area (Å²) in [5, 5.41) is 20.1. The molecule has 2 heterocycles. The molecule has 0 amide bonds. The molecular formula is C27H28ClN7O2. The number of amidine groups is 1. The predicted octanol–water partition coefficient (Wildman–Crippen LogP) is 4.31. The average molecular weight is 518 g/mol. The SMILES string of the molecule is Cl.Cn1c(CNc2ccc(C(=N)N)cc2)nc2cc(Cn3c(CCC(=O)O)nc4ccccc43)ccc21. The molecule has 9 nitrogen and oxygen atoms in total. The number of aliphatic carboxylic acids is 1. The third kappa shape index (κ3) is 5.41. The normalized spacial score (nSPS) is 10.9. The highest BCUT2D eigenvalue weighted by molar-refractivity contribution is 5.95. The summed E-state index contributed by atoms with van der Waals surface area (Å²) in [6.07, 6.45) is 0.412. The van der Waals surface area contributed by atoms with Crippen LogP contribution in [0.3, 0.4) is 0 Å². The van der Waals surface area contributed by atoms with E-state index in [9.17, 15) is 4.79 Å². The fourth-order valence-corrected chi connectivity index (χ4v) is 4.39. The quantitative estimate of drug-likeness (QED) is 0.170. The number of aryl methyl sites for hydroxylation is 2. The van der Waals surface area contributed by atoms with Crippen LogP contribution >= 0.6 is 12.4 Å². The number of hydrogen-bond donors (Lipinski definition) is 4. The molecule has 0 saturated heterocycles. The molecule has 0 aliphatic carbocycles. The zero-order chi connectivity index (χ0) is 25.2. The standard InChI is InChI=1S/C27H27N7O2.ClH/c1-33-22-11-6-17(16-34-23-5-3-2-4-20(23)31-24(34)12-13-26(35)36)14-21(22)32-25(33)15-30-19-9-7-18(8-10-19)27(28)29;/h2-11,14,30H,12-13,15-16H2,1H3,(H3,28,29)(H,35,36);1H. The highest BCUT2D eigenvalue weighted by Crippen LogP contribution is 2.22. The summed E-state index contributed by atoms with van der Waals surface area (Å²) in [6, 6.07) is 21.5. The van der Waals surface area contributed by atoms with Gasteiger partial charge in [0.15, 0.2) is 0 Å². The molecule has 190 valence electrons. The van der Waals surface area contributed by atoms with Gasteiger partial charge in [-0.3, -0.25) is 10.2 Å². The molecule has 0 aliphatic rings. The monoisotopic (exact) mass is 517 g/mol. The smallest absolute Gasteiger partial charge is 0.303 e. The van der Waals surface area contributed by atoms with Gasteiger partial charge < -0.3 is 25.3 Å². The first-order valence-corrected chi connectivity index (χ1v) is 11.7. The maximum absolute atomic E-state index is 11.2. The van der Waals surface area contributed by atoms with Crippen molar-refractivity contribution < 1.29 is 9.90 Å². The van der Waals surface area contributed by atoms with Crippen molar-refractivity contribution in [2.24, 2.45) is 12.8 Å². The lowest BCUT2D eigenvalue weighted by Crippen LogP contribution is -2.11. The Labute approximate surface area is 219 Å². The number of hydrogen-bond acceptors (Lipinski definition) is 5. The third-order valence-electron chi connectivity index (χ3n) is 6.32. The van der Waals surface area contributed by atoms with Crippen LogP contribution in [0.4, 0.5) is 5.69 Å². The number of rotatable bonds is 9. The second-order valence-electron chi connectivity index (χ2n) is 8.75. The fraction of sp³-hybridized carbons (Fsp3) is 0.185. The Bertz CT molecular complexity index is 1590. The summed E-state index contributed by atoms with van der Waals surface area (Å²) >= 11 is 0. The molecule has 10 heteroatoms. The zero-order valence-corrected chi connectivity index (χ0v) is 21.1. The Morgan fingerprint density at radius 3 is 2.46 bits per heavy atom. The van der Waals surface area contributed by atoms with Crippen molar-refractivity contribution in [2.75, 3.05) is 5.32 Å². The van der Waals surface area contributed by atoms with E-state index in [0.717, 1.165) is 45.0 Å². The largest absolute Gasteiger partial charge is 0.481 e. The number of anilines is 1. The van der Waals surface area contributed by atoms with Gasteiger partial charge in [-0.1, -0.05) is 18.2 Å². The molecular weight excluding hydrogens is 490 g/mol. The van der Waals surface area contributed by atoms with Gasteiger partial charge in [-0.15, -0.1) is 12.4 Å². The van der Waals surface area contributed by atoms with Gasteiger partial charge in [-0.05, 0) is 54.1 Å². The van der Waals surface area contributed by atoms with E-state index in [0.29, 0.717) is 25.1 Å². The van der Waals surface area contributed by atoms with E-state index in [2.05, 4.69) is 37.6 Å². The predicted molar refractivity (Wildman–Crippen MR) is 148 cm³/mol. The van der Waals surface area contributed by atoms with Crippen molar-refractivity contribution in [3.63, 3.8) is 0 Å². The number of nitrogens with two attached hydrogens (primary N) is 1. The molecule has 0 atom stereocenters. The lowest BCUT2D eigenvalue weighted by atomic mass is 10.2. The van der Waals surface area contributed by atoms with Gasteiger partial charge in [0, 0.05) is 31.3 Å². The Kier molecular flexibility index (Phi) is 7.45. The van der Waals surface area contributed by atoms with E-state index < -0.39 is 5.97 Å². The first kappa shape index (κ1) is 25.7. The van der Waals surface area contributed by atoms with Crippen LogP contribution in [-0.2, 0) is 31.4 Å². The number of carbonyl (C=O) groups is 1. The highest BCUT2D eigenvalue weighted by Gasteiger charge is 2.14. The van der Waals surface area contributed by atoms with Crippen molar-refractivity contribution in [1.29, 1.82) is 5.41 Å². The number of fused-ring (bicyclic) bond motifs is 2. The molecule has 5 rings (SSSR count). The molecule has 0 aliphatic heterocycles.